The molecule has 1 unspecified atom stereocenters. The number of hydrogen-bond acceptors (Lipinski definition) is 3. The van der Waals surface area contributed by atoms with E-state index in [9.17, 15) is 9.59 Å². The van der Waals surface area contributed by atoms with Gasteiger partial charge in [-0.1, -0.05) is 0 Å². The van der Waals surface area contributed by atoms with Gasteiger partial charge in [-0.3, -0.25) is 9.59 Å². The molecule has 4 nitrogen and oxygen atoms in total. The fourth-order valence-electron chi connectivity index (χ4n) is 2.21. The fraction of sp³-hybridized carbons (Fsp3) is 0.857. The van der Waals surface area contributed by atoms with Gasteiger partial charge in [-0.2, -0.15) is 0 Å². The van der Waals surface area contributed by atoms with E-state index in [1.54, 1.807) is 0 Å². The van der Waals surface area contributed by atoms with Gasteiger partial charge in [0.15, 0.2) is 0 Å². The second-order valence-corrected chi connectivity index (χ2v) is 6.02. The van der Waals surface area contributed by atoms with Crippen molar-refractivity contribution in [1.82, 2.24) is 4.90 Å². The van der Waals surface area contributed by atoms with Crippen molar-refractivity contribution >= 4 is 11.9 Å². The van der Waals surface area contributed by atoms with Gasteiger partial charge in [-0.25, -0.2) is 0 Å². The molecule has 4 heteroatoms. The lowest BCUT2D eigenvalue weighted by atomic mass is 10.0. The first-order valence-electron chi connectivity index (χ1n) is 6.81. The summed E-state index contributed by atoms with van der Waals surface area (Å²) in [6.07, 6.45) is 3.77. The molecule has 1 aliphatic heterocycles. The van der Waals surface area contributed by atoms with Crippen molar-refractivity contribution in [1.29, 1.82) is 0 Å². The van der Waals surface area contributed by atoms with Crippen LogP contribution in [0.15, 0.2) is 0 Å². The van der Waals surface area contributed by atoms with E-state index in [1.165, 1.54) is 6.42 Å². The number of ether oxygens (including phenoxy) is 1. The summed E-state index contributed by atoms with van der Waals surface area (Å²) >= 11 is 0. The zero-order valence-electron chi connectivity index (χ0n) is 12.0. The highest BCUT2D eigenvalue weighted by Gasteiger charge is 2.24. The van der Waals surface area contributed by atoms with Crippen molar-refractivity contribution in [2.45, 2.75) is 71.4 Å². The number of rotatable bonds is 3. The van der Waals surface area contributed by atoms with Crippen LogP contribution in [-0.4, -0.2) is 35.0 Å². The van der Waals surface area contributed by atoms with Crippen LogP contribution in [0.5, 0.6) is 0 Å². The third kappa shape index (κ3) is 5.07. The van der Waals surface area contributed by atoms with Crippen LogP contribution in [0, 0.1) is 0 Å². The second-order valence-electron chi connectivity index (χ2n) is 6.02. The maximum Gasteiger partial charge on any atom is 0.306 e. The van der Waals surface area contributed by atoms with Crippen LogP contribution >= 0.6 is 0 Å². The fourth-order valence-corrected chi connectivity index (χ4v) is 2.21. The van der Waals surface area contributed by atoms with E-state index in [4.69, 9.17) is 4.74 Å². The lowest BCUT2D eigenvalue weighted by molar-refractivity contribution is -0.156. The predicted molar refractivity (Wildman–Crippen MR) is 70.1 cm³/mol. The van der Waals surface area contributed by atoms with Crippen LogP contribution in [0.25, 0.3) is 0 Å². The standard InChI is InChI=1S/C14H25NO3/c1-11-7-5-6-10-15(11)12(16)8-9-13(17)18-14(2,3)4/h11H,5-10H2,1-4H3. The smallest absolute Gasteiger partial charge is 0.306 e. The summed E-state index contributed by atoms with van der Waals surface area (Å²) in [5.41, 5.74) is -0.474. The number of likely N-dealkylation sites (tertiary alicyclic amines) is 1. The monoisotopic (exact) mass is 255 g/mol. The number of carbonyl (C=O) groups is 2. The molecule has 0 aromatic carbocycles. The van der Waals surface area contributed by atoms with E-state index in [-0.39, 0.29) is 24.7 Å². The third-order valence-corrected chi connectivity index (χ3v) is 3.09. The van der Waals surface area contributed by atoms with Crippen LogP contribution in [0.4, 0.5) is 0 Å². The van der Waals surface area contributed by atoms with E-state index in [1.807, 2.05) is 25.7 Å². The first kappa shape index (κ1) is 15.0. The molecular formula is C14H25NO3. The Labute approximate surface area is 110 Å². The lowest BCUT2D eigenvalue weighted by Crippen LogP contribution is -2.42. The topological polar surface area (TPSA) is 46.6 Å². The normalized spacial score (nSPS) is 20.7. The maximum atomic E-state index is 12.0. The predicted octanol–water partition coefficient (Wildman–Crippen LogP) is 2.51. The van der Waals surface area contributed by atoms with Gasteiger partial charge >= 0.3 is 5.97 Å². The van der Waals surface area contributed by atoms with Crippen molar-refractivity contribution in [2.75, 3.05) is 6.54 Å². The van der Waals surface area contributed by atoms with Gasteiger partial charge in [0.1, 0.15) is 5.60 Å². The Morgan fingerprint density at radius 1 is 1.22 bits per heavy atom. The van der Waals surface area contributed by atoms with Crippen molar-refractivity contribution in [3.8, 4) is 0 Å². The Hall–Kier alpha value is -1.06. The van der Waals surface area contributed by atoms with Gasteiger partial charge in [0.05, 0.1) is 6.42 Å². The van der Waals surface area contributed by atoms with E-state index < -0.39 is 5.60 Å². The third-order valence-electron chi connectivity index (χ3n) is 3.09. The van der Waals surface area contributed by atoms with Crippen molar-refractivity contribution in [3.05, 3.63) is 0 Å². The van der Waals surface area contributed by atoms with Gasteiger partial charge < -0.3 is 9.64 Å². The molecule has 1 atom stereocenters. The minimum Gasteiger partial charge on any atom is -0.460 e. The van der Waals surface area contributed by atoms with Crippen molar-refractivity contribution in [3.63, 3.8) is 0 Å². The molecule has 0 aliphatic carbocycles. The first-order valence-corrected chi connectivity index (χ1v) is 6.81. The molecule has 0 aromatic rings. The second kappa shape index (κ2) is 6.21. The van der Waals surface area contributed by atoms with E-state index in [0.717, 1.165) is 19.4 Å². The zero-order valence-corrected chi connectivity index (χ0v) is 12.0. The lowest BCUT2D eigenvalue weighted by Gasteiger charge is -2.33. The van der Waals surface area contributed by atoms with Gasteiger partial charge in [-0.05, 0) is 47.0 Å². The molecule has 1 amide bonds. The largest absolute Gasteiger partial charge is 0.460 e. The molecule has 0 bridgehead atoms. The summed E-state index contributed by atoms with van der Waals surface area (Å²) in [7, 11) is 0. The molecule has 104 valence electrons. The summed E-state index contributed by atoms with van der Waals surface area (Å²) in [5, 5.41) is 0. The maximum absolute atomic E-state index is 12.0. The SMILES string of the molecule is CC1CCCCN1C(=O)CCC(=O)OC(C)(C)C. The number of esters is 1. The summed E-state index contributed by atoms with van der Waals surface area (Å²) in [4.78, 5) is 25.4. The summed E-state index contributed by atoms with van der Waals surface area (Å²) in [6.45, 7) is 8.40. The van der Waals surface area contributed by atoms with Gasteiger partial charge in [0.2, 0.25) is 5.91 Å². The molecule has 0 radical (unpaired) electrons. The molecule has 0 aromatic heterocycles. The van der Waals surface area contributed by atoms with Gasteiger partial charge in [0, 0.05) is 19.0 Å². The van der Waals surface area contributed by atoms with Crippen LogP contribution in [0.3, 0.4) is 0 Å². The Balaban J connectivity index is 2.34. The Kier molecular flexibility index (Phi) is 5.17. The zero-order chi connectivity index (χ0) is 13.8. The molecule has 1 fully saturated rings. The highest BCUT2D eigenvalue weighted by atomic mass is 16.6. The number of piperidine rings is 1. The number of nitrogens with zero attached hydrogens (tertiary/aromatic N) is 1. The first-order chi connectivity index (χ1) is 8.29. The minimum atomic E-state index is -0.474. The summed E-state index contributed by atoms with van der Waals surface area (Å²) in [5.74, 6) is -0.214. The van der Waals surface area contributed by atoms with Gasteiger partial charge in [-0.15, -0.1) is 0 Å². The van der Waals surface area contributed by atoms with E-state index in [2.05, 4.69) is 6.92 Å². The van der Waals surface area contributed by atoms with Crippen LogP contribution < -0.4 is 0 Å². The summed E-state index contributed by atoms with van der Waals surface area (Å²) in [6, 6.07) is 0.310. The van der Waals surface area contributed by atoms with Crippen LogP contribution in [0.2, 0.25) is 0 Å². The molecule has 1 saturated heterocycles. The minimum absolute atomic E-state index is 0.0769. The molecule has 0 saturated carbocycles. The average Bonchev–Trinajstić information content (AvgIpc) is 2.24. The van der Waals surface area contributed by atoms with Crippen molar-refractivity contribution < 1.29 is 14.3 Å². The summed E-state index contributed by atoms with van der Waals surface area (Å²) < 4.78 is 5.19. The molecule has 0 N–H and O–H groups in total. The molecular weight excluding hydrogens is 230 g/mol. The quantitative estimate of drug-likeness (QED) is 0.728. The Morgan fingerprint density at radius 3 is 2.44 bits per heavy atom. The van der Waals surface area contributed by atoms with E-state index >= 15 is 0 Å². The van der Waals surface area contributed by atoms with Crippen LogP contribution in [0.1, 0.15) is 59.8 Å². The molecule has 0 spiro atoms. The molecule has 1 heterocycles. The van der Waals surface area contributed by atoms with Crippen LogP contribution in [-0.2, 0) is 14.3 Å². The number of carbonyl (C=O) groups excluding carboxylic acids is 2. The van der Waals surface area contributed by atoms with E-state index in [0.29, 0.717) is 6.04 Å². The van der Waals surface area contributed by atoms with Gasteiger partial charge in [0.25, 0.3) is 0 Å². The highest BCUT2D eigenvalue weighted by molar-refractivity contribution is 5.81. The number of amides is 1. The molecule has 1 aliphatic rings. The highest BCUT2D eigenvalue weighted by Crippen LogP contribution is 2.18. The average molecular weight is 255 g/mol. The van der Waals surface area contributed by atoms with Crippen molar-refractivity contribution in [2.24, 2.45) is 0 Å². The Bertz CT molecular complexity index is 307. The number of hydrogen-bond donors (Lipinski definition) is 0. The Morgan fingerprint density at radius 2 is 1.89 bits per heavy atom. The molecule has 1 rings (SSSR count). The molecule has 18 heavy (non-hydrogen) atoms.